The molecular weight excluding hydrogens is 569 g/mol. The Labute approximate surface area is 238 Å². The monoisotopic (exact) mass is 587 g/mol. The molecule has 3 aromatic rings. The molecule has 1 aliphatic heterocycles. The summed E-state index contributed by atoms with van der Waals surface area (Å²) in [6.45, 7) is 1.89. The molecule has 0 saturated heterocycles. The Morgan fingerprint density at radius 2 is 1.63 bits per heavy atom. The van der Waals surface area contributed by atoms with Gasteiger partial charge in [0, 0.05) is 16.1 Å². The summed E-state index contributed by atoms with van der Waals surface area (Å²) in [7, 11) is 0. The molecule has 3 aromatic carbocycles. The molecule has 0 saturated carbocycles. The van der Waals surface area contributed by atoms with Crippen LogP contribution in [0.1, 0.15) is 28.4 Å². The highest BCUT2D eigenvalue weighted by Gasteiger charge is 2.34. The Kier molecular flexibility index (Phi) is 9.17. The quantitative estimate of drug-likeness (QED) is 0.282. The second kappa shape index (κ2) is 12.5. The van der Waals surface area contributed by atoms with Crippen LogP contribution in [0.2, 0.25) is 15.1 Å². The molecular formula is C28H20Cl3NO5S. The van der Waals surface area contributed by atoms with Gasteiger partial charge in [0.1, 0.15) is 23.0 Å². The number of hydrogen-bond acceptors (Lipinski definition) is 6. The van der Waals surface area contributed by atoms with Crippen molar-refractivity contribution in [3.05, 3.63) is 115 Å². The number of esters is 1. The van der Waals surface area contributed by atoms with Crippen LogP contribution in [0.3, 0.4) is 0 Å². The summed E-state index contributed by atoms with van der Waals surface area (Å²) < 4.78 is 10.9. The largest absolute Gasteiger partial charge is 0.506 e. The molecule has 0 unspecified atom stereocenters. The van der Waals surface area contributed by atoms with Crippen molar-refractivity contribution in [2.24, 2.45) is 4.99 Å². The van der Waals surface area contributed by atoms with Crippen molar-refractivity contribution in [2.45, 2.75) is 13.5 Å². The van der Waals surface area contributed by atoms with E-state index < -0.39 is 11.9 Å². The third-order valence-electron chi connectivity index (χ3n) is 5.24. The minimum atomic E-state index is -0.792. The van der Waals surface area contributed by atoms with Crippen molar-refractivity contribution in [3.8, 4) is 5.75 Å². The number of nitrogens with zero attached hydrogens (tertiary/aromatic N) is 1. The van der Waals surface area contributed by atoms with E-state index in [0.717, 1.165) is 17.3 Å². The minimum absolute atomic E-state index is 0.0259. The molecule has 6 nitrogen and oxygen atoms in total. The predicted molar refractivity (Wildman–Crippen MR) is 152 cm³/mol. The molecule has 0 fully saturated rings. The molecule has 0 bridgehead atoms. The third-order valence-corrected chi connectivity index (χ3v) is 7.19. The van der Waals surface area contributed by atoms with Crippen molar-refractivity contribution < 1.29 is 24.2 Å². The first-order valence-electron chi connectivity index (χ1n) is 11.3. The van der Waals surface area contributed by atoms with Gasteiger partial charge < -0.3 is 14.6 Å². The van der Waals surface area contributed by atoms with Gasteiger partial charge in [-0.15, -0.1) is 0 Å². The summed E-state index contributed by atoms with van der Waals surface area (Å²) in [6.07, 6.45) is 1.57. The van der Waals surface area contributed by atoms with Gasteiger partial charge in [0.2, 0.25) is 0 Å². The lowest BCUT2D eigenvalue weighted by Gasteiger charge is -2.12. The van der Waals surface area contributed by atoms with E-state index in [2.05, 4.69) is 4.99 Å². The average Bonchev–Trinajstić information content (AvgIpc) is 3.19. The smallest absolute Gasteiger partial charge is 0.344 e. The van der Waals surface area contributed by atoms with Crippen LogP contribution in [-0.2, 0) is 16.1 Å². The Morgan fingerprint density at radius 3 is 2.29 bits per heavy atom. The summed E-state index contributed by atoms with van der Waals surface area (Å²) in [5, 5.41) is 11.9. The summed E-state index contributed by atoms with van der Waals surface area (Å²) >= 11 is 20.1. The van der Waals surface area contributed by atoms with E-state index in [0.29, 0.717) is 16.1 Å². The highest BCUT2D eigenvalue weighted by molar-refractivity contribution is 8.18. The molecule has 0 aromatic heterocycles. The summed E-state index contributed by atoms with van der Waals surface area (Å²) in [4.78, 5) is 29.6. The number of ether oxygens (including phenoxy) is 2. The van der Waals surface area contributed by atoms with Gasteiger partial charge in [-0.1, -0.05) is 83.0 Å². The summed E-state index contributed by atoms with van der Waals surface area (Å²) in [5.74, 6) is -1.44. The van der Waals surface area contributed by atoms with Crippen LogP contribution < -0.4 is 4.74 Å². The van der Waals surface area contributed by atoms with Crippen LogP contribution in [0, 0.1) is 0 Å². The number of amides is 1. The standard InChI is InChI=1S/C28H20Cl3NO5S/c1-2-36-28(35)23-24(33)22(38-27(23)32-26(34)17-8-4-3-5-9-17)14-16-12-20(30)25(21(31)13-16)37-15-18-10-6-7-11-19(18)29/h3-14,33H,2,15H2,1H3/b22-14-,32-27?. The minimum Gasteiger partial charge on any atom is -0.506 e. The van der Waals surface area contributed by atoms with E-state index in [1.165, 1.54) is 0 Å². The van der Waals surface area contributed by atoms with Crippen LogP contribution in [0.15, 0.2) is 88.0 Å². The van der Waals surface area contributed by atoms with Crippen LogP contribution in [0.25, 0.3) is 6.08 Å². The first-order valence-corrected chi connectivity index (χ1v) is 13.3. The SMILES string of the molecule is CCOC(=O)C1=C(O)/C(=C/c2cc(Cl)c(OCc3ccccc3Cl)c(Cl)c2)SC1=NC(=O)c1ccccc1. The fourth-order valence-electron chi connectivity index (χ4n) is 3.45. The molecule has 0 spiro atoms. The molecule has 1 N–H and O–H groups in total. The number of carbonyl (C=O) groups excluding carboxylic acids is 2. The average molecular weight is 589 g/mol. The number of halogens is 3. The van der Waals surface area contributed by atoms with Crippen molar-refractivity contribution >= 4 is 69.6 Å². The van der Waals surface area contributed by atoms with Crippen molar-refractivity contribution in [1.29, 1.82) is 0 Å². The molecule has 1 heterocycles. The normalized spacial score (nSPS) is 15.3. The lowest BCUT2D eigenvalue weighted by Crippen LogP contribution is -2.14. The first kappa shape index (κ1) is 27.8. The van der Waals surface area contributed by atoms with Gasteiger partial charge in [0.15, 0.2) is 5.75 Å². The molecule has 0 radical (unpaired) electrons. The molecule has 10 heteroatoms. The Balaban J connectivity index is 1.63. The van der Waals surface area contributed by atoms with Crippen LogP contribution in [-0.4, -0.2) is 28.6 Å². The number of aliphatic imine (C=N–C) groups is 1. The molecule has 0 aliphatic carbocycles. The maximum Gasteiger partial charge on any atom is 0.344 e. The molecule has 1 amide bonds. The zero-order valence-corrected chi connectivity index (χ0v) is 23.0. The summed E-state index contributed by atoms with van der Waals surface area (Å²) in [5.41, 5.74) is 1.45. The van der Waals surface area contributed by atoms with E-state index >= 15 is 0 Å². The molecule has 4 rings (SSSR count). The number of rotatable bonds is 7. The van der Waals surface area contributed by atoms with Gasteiger partial charge in [-0.2, -0.15) is 0 Å². The van der Waals surface area contributed by atoms with Crippen LogP contribution in [0.4, 0.5) is 0 Å². The van der Waals surface area contributed by atoms with E-state index in [1.54, 1.807) is 61.5 Å². The van der Waals surface area contributed by atoms with E-state index in [4.69, 9.17) is 44.3 Å². The Morgan fingerprint density at radius 1 is 0.974 bits per heavy atom. The zero-order valence-electron chi connectivity index (χ0n) is 19.9. The number of benzene rings is 3. The van der Waals surface area contributed by atoms with Crippen LogP contribution in [0.5, 0.6) is 5.75 Å². The topological polar surface area (TPSA) is 85.2 Å². The zero-order chi connectivity index (χ0) is 27.2. The van der Waals surface area contributed by atoms with Crippen molar-refractivity contribution in [3.63, 3.8) is 0 Å². The van der Waals surface area contributed by atoms with Gasteiger partial charge in [-0.3, -0.25) is 4.79 Å². The number of thioether (sulfide) groups is 1. The molecule has 0 atom stereocenters. The van der Waals surface area contributed by atoms with Gasteiger partial charge in [0.05, 0.1) is 21.6 Å². The van der Waals surface area contributed by atoms with Gasteiger partial charge in [0.25, 0.3) is 5.91 Å². The molecule has 1 aliphatic rings. The number of hydrogen-bond donors (Lipinski definition) is 1. The third kappa shape index (κ3) is 6.42. The second-order valence-electron chi connectivity index (χ2n) is 7.84. The first-order chi connectivity index (χ1) is 18.3. The highest BCUT2D eigenvalue weighted by Crippen LogP contribution is 2.41. The van der Waals surface area contributed by atoms with E-state index in [-0.39, 0.29) is 50.3 Å². The number of aliphatic hydroxyl groups excluding tert-OH is 1. The van der Waals surface area contributed by atoms with Crippen LogP contribution >= 0.6 is 46.6 Å². The van der Waals surface area contributed by atoms with E-state index in [9.17, 15) is 14.7 Å². The van der Waals surface area contributed by atoms with Gasteiger partial charge in [-0.25, -0.2) is 9.79 Å². The number of aliphatic hydroxyl groups is 1. The molecule has 38 heavy (non-hydrogen) atoms. The second-order valence-corrected chi connectivity index (χ2v) is 10.1. The lowest BCUT2D eigenvalue weighted by atomic mass is 10.1. The van der Waals surface area contributed by atoms with Gasteiger partial charge >= 0.3 is 5.97 Å². The molecule has 194 valence electrons. The van der Waals surface area contributed by atoms with Gasteiger partial charge in [-0.05, 0) is 48.9 Å². The Bertz CT molecular complexity index is 1460. The summed E-state index contributed by atoms with van der Waals surface area (Å²) in [6, 6.07) is 18.9. The Hall–Kier alpha value is -3.23. The van der Waals surface area contributed by atoms with Crippen molar-refractivity contribution in [1.82, 2.24) is 0 Å². The lowest BCUT2D eigenvalue weighted by molar-refractivity contribution is -0.138. The fraction of sp³-hybridized carbons (Fsp3) is 0.107. The fourth-order valence-corrected chi connectivity index (χ4v) is 5.26. The van der Waals surface area contributed by atoms with Crippen molar-refractivity contribution in [2.75, 3.05) is 6.61 Å². The highest BCUT2D eigenvalue weighted by atomic mass is 35.5. The van der Waals surface area contributed by atoms with E-state index in [1.807, 2.05) is 18.2 Å². The predicted octanol–water partition coefficient (Wildman–Crippen LogP) is 7.93. The maximum atomic E-state index is 12.7. The number of carbonyl (C=O) groups is 2. The maximum absolute atomic E-state index is 12.7.